The highest BCUT2D eigenvalue weighted by Crippen LogP contribution is 2.29. The minimum atomic E-state index is -0.417. The predicted octanol–water partition coefficient (Wildman–Crippen LogP) is 0.366. The van der Waals surface area contributed by atoms with Gasteiger partial charge in [0.05, 0.1) is 23.5 Å². The smallest absolute Gasteiger partial charge is 0.268 e. The van der Waals surface area contributed by atoms with E-state index in [1.54, 1.807) is 18.5 Å². The Balaban J connectivity index is 2.31. The zero-order chi connectivity index (χ0) is 13.4. The number of β-amino-alcohol motifs (C(OH)–C–C–N with tert-alkyl or cyclic N) is 1. The molecule has 96 valence electrons. The molecule has 0 aromatic carbocycles. The molecule has 0 saturated carbocycles. The Morgan fingerprint density at radius 3 is 3.11 bits per heavy atom. The number of aliphatic hydroxyl groups is 1. The van der Waals surface area contributed by atoms with Crippen LogP contribution in [0.15, 0.2) is 23.3 Å². The summed E-state index contributed by atoms with van der Waals surface area (Å²) in [5.41, 5.74) is 0.871. The van der Waals surface area contributed by atoms with E-state index in [4.69, 9.17) is 0 Å². The maximum Gasteiger partial charge on any atom is 0.268 e. The van der Waals surface area contributed by atoms with Crippen LogP contribution in [0, 0.1) is 11.3 Å². The molecule has 1 atom stereocenters. The third kappa shape index (κ3) is 1.84. The lowest BCUT2D eigenvalue weighted by Crippen LogP contribution is -2.25. The number of nitrogens with zero attached hydrogens (tertiary/aromatic N) is 3. The van der Waals surface area contributed by atoms with E-state index in [2.05, 4.69) is 9.97 Å². The number of pyridine rings is 2. The van der Waals surface area contributed by atoms with E-state index in [9.17, 15) is 15.2 Å². The van der Waals surface area contributed by atoms with E-state index < -0.39 is 11.7 Å². The monoisotopic (exact) mass is 256 g/mol. The SMILES string of the molecule is N#Cc1c(N2CC[C@H](O)C2)c2ccncc2[nH]c1=O. The maximum absolute atomic E-state index is 11.9. The highest BCUT2D eigenvalue weighted by Gasteiger charge is 2.25. The van der Waals surface area contributed by atoms with Crippen LogP contribution in [-0.2, 0) is 0 Å². The minimum Gasteiger partial charge on any atom is -0.391 e. The molecule has 0 spiro atoms. The Morgan fingerprint density at radius 2 is 2.42 bits per heavy atom. The molecule has 1 aliphatic rings. The number of fused-ring (bicyclic) bond motifs is 1. The second-order valence-electron chi connectivity index (χ2n) is 4.60. The van der Waals surface area contributed by atoms with Crippen molar-refractivity contribution in [1.82, 2.24) is 9.97 Å². The number of rotatable bonds is 1. The molecule has 6 heteroatoms. The Morgan fingerprint density at radius 1 is 1.58 bits per heavy atom. The summed E-state index contributed by atoms with van der Waals surface area (Å²) in [4.78, 5) is 20.4. The van der Waals surface area contributed by atoms with Gasteiger partial charge in [0.2, 0.25) is 0 Å². The number of H-pyrrole nitrogens is 1. The van der Waals surface area contributed by atoms with Crippen molar-refractivity contribution in [1.29, 1.82) is 5.26 Å². The largest absolute Gasteiger partial charge is 0.391 e. The van der Waals surface area contributed by atoms with Gasteiger partial charge in [-0.05, 0) is 12.5 Å². The Labute approximate surface area is 108 Å². The van der Waals surface area contributed by atoms with Crippen LogP contribution < -0.4 is 10.5 Å². The van der Waals surface area contributed by atoms with Gasteiger partial charge in [-0.1, -0.05) is 0 Å². The summed E-state index contributed by atoms with van der Waals surface area (Å²) in [6.07, 6.45) is 3.42. The lowest BCUT2D eigenvalue weighted by Gasteiger charge is -2.20. The first-order chi connectivity index (χ1) is 9.20. The summed E-state index contributed by atoms with van der Waals surface area (Å²) in [6, 6.07) is 3.73. The molecule has 1 saturated heterocycles. The first-order valence-corrected chi connectivity index (χ1v) is 6.04. The number of aliphatic hydroxyl groups excluding tert-OH is 1. The van der Waals surface area contributed by atoms with Crippen LogP contribution in [-0.4, -0.2) is 34.3 Å². The molecule has 0 unspecified atom stereocenters. The number of aromatic nitrogens is 2. The van der Waals surface area contributed by atoms with Gasteiger partial charge >= 0.3 is 0 Å². The van der Waals surface area contributed by atoms with Crippen molar-refractivity contribution in [2.75, 3.05) is 18.0 Å². The van der Waals surface area contributed by atoms with E-state index in [0.717, 1.165) is 5.39 Å². The van der Waals surface area contributed by atoms with Gasteiger partial charge in [0.15, 0.2) is 0 Å². The highest BCUT2D eigenvalue weighted by atomic mass is 16.3. The van der Waals surface area contributed by atoms with E-state index in [-0.39, 0.29) is 5.56 Å². The van der Waals surface area contributed by atoms with Crippen LogP contribution >= 0.6 is 0 Å². The molecule has 3 heterocycles. The summed E-state index contributed by atoms with van der Waals surface area (Å²) in [6.45, 7) is 1.08. The van der Waals surface area contributed by atoms with E-state index in [1.165, 1.54) is 0 Å². The third-order valence-corrected chi connectivity index (χ3v) is 3.38. The average Bonchev–Trinajstić information content (AvgIpc) is 2.83. The van der Waals surface area contributed by atoms with Gasteiger partial charge in [0.25, 0.3) is 5.56 Å². The number of aromatic amines is 1. The minimum absolute atomic E-state index is 0.0906. The summed E-state index contributed by atoms with van der Waals surface area (Å²) in [5.74, 6) is 0. The van der Waals surface area contributed by atoms with Gasteiger partial charge in [-0.25, -0.2) is 0 Å². The first-order valence-electron chi connectivity index (χ1n) is 6.04. The van der Waals surface area contributed by atoms with E-state index in [0.29, 0.717) is 30.7 Å². The molecule has 0 radical (unpaired) electrons. The van der Waals surface area contributed by atoms with Gasteiger partial charge in [-0.3, -0.25) is 9.78 Å². The maximum atomic E-state index is 11.9. The van der Waals surface area contributed by atoms with Gasteiger partial charge in [0, 0.05) is 24.7 Å². The molecule has 19 heavy (non-hydrogen) atoms. The molecular weight excluding hydrogens is 244 g/mol. The van der Waals surface area contributed by atoms with Crippen molar-refractivity contribution >= 4 is 16.6 Å². The van der Waals surface area contributed by atoms with Gasteiger partial charge in [0.1, 0.15) is 11.6 Å². The Bertz CT molecular complexity index is 731. The predicted molar refractivity (Wildman–Crippen MR) is 69.9 cm³/mol. The zero-order valence-electron chi connectivity index (χ0n) is 10.1. The molecule has 1 fully saturated rings. The Kier molecular flexibility index (Phi) is 2.69. The van der Waals surface area contributed by atoms with Gasteiger partial charge < -0.3 is 15.0 Å². The lowest BCUT2D eigenvalue weighted by atomic mass is 10.1. The van der Waals surface area contributed by atoms with E-state index in [1.807, 2.05) is 11.0 Å². The molecule has 0 bridgehead atoms. The van der Waals surface area contributed by atoms with Crippen LogP contribution in [0.4, 0.5) is 5.69 Å². The first kappa shape index (κ1) is 11.7. The zero-order valence-corrected chi connectivity index (χ0v) is 10.1. The molecule has 1 aliphatic heterocycles. The van der Waals surface area contributed by atoms with Gasteiger partial charge in [-0.15, -0.1) is 0 Å². The summed E-state index contributed by atoms with van der Waals surface area (Å²) in [5, 5.41) is 19.6. The van der Waals surface area contributed by atoms with Crippen molar-refractivity contribution < 1.29 is 5.11 Å². The van der Waals surface area contributed by atoms with E-state index >= 15 is 0 Å². The van der Waals surface area contributed by atoms with Crippen molar-refractivity contribution in [2.24, 2.45) is 0 Å². The highest BCUT2D eigenvalue weighted by molar-refractivity contribution is 5.94. The summed E-state index contributed by atoms with van der Waals surface area (Å²) in [7, 11) is 0. The van der Waals surface area contributed by atoms with Crippen molar-refractivity contribution in [3.05, 3.63) is 34.4 Å². The number of hydrogen-bond donors (Lipinski definition) is 2. The fourth-order valence-corrected chi connectivity index (χ4v) is 2.50. The molecule has 0 aliphatic carbocycles. The summed E-state index contributed by atoms with van der Waals surface area (Å²) < 4.78 is 0. The second kappa shape index (κ2) is 4.37. The lowest BCUT2D eigenvalue weighted by molar-refractivity contribution is 0.198. The van der Waals surface area contributed by atoms with Gasteiger partial charge in [-0.2, -0.15) is 5.26 Å². The number of nitriles is 1. The quantitative estimate of drug-likeness (QED) is 0.768. The number of anilines is 1. The molecule has 0 amide bonds. The molecule has 3 rings (SSSR count). The average molecular weight is 256 g/mol. The molecular formula is C13H12N4O2. The normalized spacial score (nSPS) is 18.7. The second-order valence-corrected chi connectivity index (χ2v) is 4.60. The van der Waals surface area contributed by atoms with Crippen LogP contribution in [0.1, 0.15) is 12.0 Å². The van der Waals surface area contributed by atoms with Crippen molar-refractivity contribution in [3.63, 3.8) is 0 Å². The molecule has 2 N–H and O–H groups in total. The van der Waals surface area contributed by atoms with Crippen molar-refractivity contribution in [3.8, 4) is 6.07 Å². The molecule has 2 aromatic rings. The van der Waals surface area contributed by atoms with Crippen LogP contribution in [0.3, 0.4) is 0 Å². The third-order valence-electron chi connectivity index (χ3n) is 3.38. The van der Waals surface area contributed by atoms with Crippen molar-refractivity contribution in [2.45, 2.75) is 12.5 Å². The number of hydrogen-bond acceptors (Lipinski definition) is 5. The molecule has 6 nitrogen and oxygen atoms in total. The fraction of sp³-hybridized carbons (Fsp3) is 0.308. The van der Waals surface area contributed by atoms with Crippen LogP contribution in [0.5, 0.6) is 0 Å². The standard InChI is InChI=1S/C13H12N4O2/c14-5-10-12(17-4-2-8(18)7-17)9-1-3-15-6-11(9)16-13(10)19/h1,3,6,8,18H,2,4,7H2,(H,16,19)/t8-/m0/s1. The summed E-state index contributed by atoms with van der Waals surface area (Å²) >= 11 is 0. The Hall–Kier alpha value is -2.39. The number of nitrogens with one attached hydrogen (secondary N) is 1. The topological polar surface area (TPSA) is 93.0 Å². The fourth-order valence-electron chi connectivity index (χ4n) is 2.50. The van der Waals surface area contributed by atoms with Crippen LogP contribution in [0.25, 0.3) is 10.9 Å². The van der Waals surface area contributed by atoms with Crippen LogP contribution in [0.2, 0.25) is 0 Å². The molecule has 2 aromatic heterocycles.